The van der Waals surface area contributed by atoms with E-state index in [1.54, 1.807) is 24.3 Å². The molecular weight excluding hydrogens is 424 g/mol. The van der Waals surface area contributed by atoms with Crippen LogP contribution in [0.25, 0.3) is 0 Å². The summed E-state index contributed by atoms with van der Waals surface area (Å²) in [5.41, 5.74) is 0.545. The molecule has 0 unspecified atom stereocenters. The Balaban J connectivity index is 1.49. The summed E-state index contributed by atoms with van der Waals surface area (Å²) in [6.45, 7) is 6.47. The summed E-state index contributed by atoms with van der Waals surface area (Å²) in [4.78, 5) is 16.8. The van der Waals surface area contributed by atoms with E-state index in [9.17, 15) is 4.79 Å². The monoisotopic (exact) mass is 454 g/mol. The third-order valence-electron chi connectivity index (χ3n) is 5.01. The van der Waals surface area contributed by atoms with Crippen LogP contribution in [0.5, 0.6) is 0 Å². The van der Waals surface area contributed by atoms with Gasteiger partial charge in [-0.05, 0) is 44.5 Å². The lowest BCUT2D eigenvalue weighted by molar-refractivity contribution is -0.225. The molecule has 2 fully saturated rings. The van der Waals surface area contributed by atoms with Crippen molar-refractivity contribution in [3.8, 4) is 0 Å². The average molecular weight is 455 g/mol. The summed E-state index contributed by atoms with van der Waals surface area (Å²) in [7, 11) is 0. The van der Waals surface area contributed by atoms with Crippen molar-refractivity contribution in [3.05, 3.63) is 29.3 Å². The molecule has 0 saturated carbocycles. The molecule has 1 aromatic rings. The lowest BCUT2D eigenvalue weighted by Crippen LogP contribution is -2.31. The number of nitrogens with zero attached hydrogens (tertiary/aromatic N) is 1. The molecule has 2 aliphatic heterocycles. The first-order valence-corrected chi connectivity index (χ1v) is 11.2. The number of unbranched alkanes of at least 4 members (excludes halogenated alkanes) is 4. The number of amides is 1. The molecule has 0 aliphatic carbocycles. The number of hydrogen-bond donors (Lipinski definition) is 1. The van der Waals surface area contributed by atoms with Crippen molar-refractivity contribution >= 4 is 29.6 Å². The second-order valence-electron chi connectivity index (χ2n) is 8.08. The first-order chi connectivity index (χ1) is 14.9. The number of anilines is 1. The Hall–Kier alpha value is -1.71. The number of fused-ring (bicyclic) bond motifs is 1. The number of oxime groups is 1. The molecule has 1 amide bonds. The van der Waals surface area contributed by atoms with Gasteiger partial charge in [0.15, 0.2) is 12.1 Å². The predicted octanol–water partition coefficient (Wildman–Crippen LogP) is 5.11. The largest absolute Gasteiger partial charge is 0.437 e. The third-order valence-corrected chi connectivity index (χ3v) is 5.26. The maximum atomic E-state index is 11.9. The standard InChI is InChI=1S/C22H31ClN2O6/c1-4-5-6-7-8-13-27-20-19-18(29-22(2,3)30-19)17(28-20)14-24-31-21(26)25-16-11-9-15(23)10-12-16/h9-12,14,17-20H,4-8,13H2,1-3H3,(H,25,26)/t17-,18+,19+,20+/m1/s1. The van der Waals surface area contributed by atoms with Gasteiger partial charge in [0.1, 0.15) is 18.3 Å². The number of benzene rings is 1. The zero-order valence-electron chi connectivity index (χ0n) is 18.2. The van der Waals surface area contributed by atoms with Crippen LogP contribution < -0.4 is 5.32 Å². The van der Waals surface area contributed by atoms with E-state index in [-0.39, 0.29) is 6.10 Å². The number of halogens is 1. The van der Waals surface area contributed by atoms with Gasteiger partial charge in [-0.25, -0.2) is 4.79 Å². The summed E-state index contributed by atoms with van der Waals surface area (Å²) in [6.07, 6.45) is 4.53. The normalized spacial score (nSPS) is 26.8. The van der Waals surface area contributed by atoms with Crippen molar-refractivity contribution in [2.75, 3.05) is 11.9 Å². The van der Waals surface area contributed by atoms with Crippen LogP contribution in [0.3, 0.4) is 0 Å². The Morgan fingerprint density at radius 1 is 1.16 bits per heavy atom. The Labute approximate surface area is 188 Å². The molecule has 9 heteroatoms. The molecule has 0 spiro atoms. The quantitative estimate of drug-likeness (QED) is 0.229. The molecule has 1 aromatic carbocycles. The van der Waals surface area contributed by atoms with Crippen LogP contribution in [-0.2, 0) is 23.8 Å². The number of rotatable bonds is 10. The molecule has 31 heavy (non-hydrogen) atoms. The van der Waals surface area contributed by atoms with Crippen LogP contribution in [-0.4, -0.2) is 49.3 Å². The van der Waals surface area contributed by atoms with Crippen LogP contribution in [0.2, 0.25) is 5.02 Å². The molecule has 4 atom stereocenters. The van der Waals surface area contributed by atoms with Crippen molar-refractivity contribution < 1.29 is 28.6 Å². The van der Waals surface area contributed by atoms with Crippen LogP contribution in [0.15, 0.2) is 29.4 Å². The highest BCUT2D eigenvalue weighted by molar-refractivity contribution is 6.30. The number of nitrogens with one attached hydrogen (secondary N) is 1. The molecule has 2 saturated heterocycles. The Morgan fingerprint density at radius 3 is 2.61 bits per heavy atom. The van der Waals surface area contributed by atoms with E-state index < -0.39 is 30.4 Å². The van der Waals surface area contributed by atoms with Gasteiger partial charge in [-0.15, -0.1) is 0 Å². The lowest BCUT2D eigenvalue weighted by atomic mass is 10.1. The van der Waals surface area contributed by atoms with Gasteiger partial charge in [0.2, 0.25) is 0 Å². The Bertz CT molecular complexity index is 742. The van der Waals surface area contributed by atoms with E-state index in [0.717, 1.165) is 12.8 Å². The van der Waals surface area contributed by atoms with Gasteiger partial charge in [0.25, 0.3) is 0 Å². The summed E-state index contributed by atoms with van der Waals surface area (Å²) < 4.78 is 23.7. The van der Waals surface area contributed by atoms with Crippen LogP contribution >= 0.6 is 11.6 Å². The fourth-order valence-corrected chi connectivity index (χ4v) is 3.69. The van der Waals surface area contributed by atoms with Gasteiger partial charge in [-0.3, -0.25) is 10.2 Å². The minimum Gasteiger partial charge on any atom is -0.350 e. The molecule has 2 heterocycles. The van der Waals surface area contributed by atoms with E-state index in [2.05, 4.69) is 17.4 Å². The summed E-state index contributed by atoms with van der Waals surface area (Å²) in [5.74, 6) is -0.749. The van der Waals surface area contributed by atoms with Gasteiger partial charge >= 0.3 is 6.09 Å². The van der Waals surface area contributed by atoms with Crippen molar-refractivity contribution in [2.24, 2.45) is 5.16 Å². The van der Waals surface area contributed by atoms with E-state index in [4.69, 9.17) is 35.4 Å². The fourth-order valence-electron chi connectivity index (χ4n) is 3.56. The van der Waals surface area contributed by atoms with E-state index in [0.29, 0.717) is 17.3 Å². The Morgan fingerprint density at radius 2 is 1.87 bits per heavy atom. The molecular formula is C22H31ClN2O6. The minimum atomic E-state index is -0.749. The van der Waals surface area contributed by atoms with Gasteiger partial charge < -0.3 is 18.9 Å². The Kier molecular flexibility index (Phi) is 8.68. The number of ether oxygens (including phenoxy) is 4. The minimum absolute atomic E-state index is 0.370. The SMILES string of the molecule is CCCCCCCO[C@H]1O[C@H](C=NOC(=O)Nc2ccc(Cl)cc2)[C@@H]2OC(C)(C)O[C@H]12. The second-order valence-corrected chi connectivity index (χ2v) is 8.52. The first kappa shape index (κ1) is 23.9. The summed E-state index contributed by atoms with van der Waals surface area (Å²) in [6, 6.07) is 6.65. The van der Waals surface area contributed by atoms with Gasteiger partial charge in [0, 0.05) is 17.3 Å². The van der Waals surface area contributed by atoms with E-state index >= 15 is 0 Å². The fraction of sp³-hybridized carbons (Fsp3) is 0.636. The van der Waals surface area contributed by atoms with E-state index in [1.807, 2.05) is 13.8 Å². The topological polar surface area (TPSA) is 87.6 Å². The summed E-state index contributed by atoms with van der Waals surface area (Å²) in [5, 5.41) is 6.89. The lowest BCUT2D eigenvalue weighted by Gasteiger charge is -2.23. The highest BCUT2D eigenvalue weighted by Gasteiger charge is 2.55. The molecule has 0 radical (unpaired) electrons. The maximum absolute atomic E-state index is 11.9. The number of carbonyl (C=O) groups excluding carboxylic acids is 1. The zero-order valence-corrected chi connectivity index (χ0v) is 19.0. The molecule has 1 N–H and O–H groups in total. The van der Waals surface area contributed by atoms with Crippen molar-refractivity contribution in [2.45, 2.75) is 83.3 Å². The zero-order chi connectivity index (χ0) is 22.3. The first-order valence-electron chi connectivity index (χ1n) is 10.8. The van der Waals surface area contributed by atoms with Crippen LogP contribution in [0.1, 0.15) is 52.9 Å². The highest BCUT2D eigenvalue weighted by atomic mass is 35.5. The van der Waals surface area contributed by atoms with Gasteiger partial charge in [-0.1, -0.05) is 49.4 Å². The van der Waals surface area contributed by atoms with Crippen molar-refractivity contribution in [1.29, 1.82) is 0 Å². The summed E-state index contributed by atoms with van der Waals surface area (Å²) >= 11 is 5.83. The van der Waals surface area contributed by atoms with Crippen LogP contribution in [0.4, 0.5) is 10.5 Å². The molecule has 0 bridgehead atoms. The molecule has 3 rings (SSSR count). The molecule has 0 aromatic heterocycles. The predicted molar refractivity (Wildman–Crippen MR) is 117 cm³/mol. The van der Waals surface area contributed by atoms with Gasteiger partial charge in [0.05, 0.1) is 6.21 Å². The highest BCUT2D eigenvalue weighted by Crippen LogP contribution is 2.38. The smallest absolute Gasteiger partial charge is 0.350 e. The molecule has 2 aliphatic rings. The second kappa shape index (κ2) is 11.2. The third kappa shape index (κ3) is 7.15. The maximum Gasteiger partial charge on any atom is 0.437 e. The average Bonchev–Trinajstić information content (AvgIpc) is 3.20. The van der Waals surface area contributed by atoms with Crippen molar-refractivity contribution in [1.82, 2.24) is 0 Å². The van der Waals surface area contributed by atoms with Gasteiger partial charge in [-0.2, -0.15) is 0 Å². The van der Waals surface area contributed by atoms with Crippen LogP contribution in [0, 0.1) is 0 Å². The number of carbonyl (C=O) groups is 1. The molecule has 172 valence electrons. The van der Waals surface area contributed by atoms with Crippen molar-refractivity contribution in [3.63, 3.8) is 0 Å². The molecule has 8 nitrogen and oxygen atoms in total. The number of hydrogen-bond acceptors (Lipinski definition) is 7. The van der Waals surface area contributed by atoms with E-state index in [1.165, 1.54) is 25.5 Å².